The lowest BCUT2D eigenvalue weighted by Crippen LogP contribution is -2.30. The summed E-state index contributed by atoms with van der Waals surface area (Å²) in [6.45, 7) is 0.120. The van der Waals surface area contributed by atoms with Gasteiger partial charge in [-0.3, -0.25) is 4.79 Å². The molecule has 1 aromatic rings. The van der Waals surface area contributed by atoms with E-state index in [1.54, 1.807) is 11.9 Å². The third-order valence-corrected chi connectivity index (χ3v) is 2.00. The first kappa shape index (κ1) is 8.72. The van der Waals surface area contributed by atoms with Crippen LogP contribution in [0.5, 0.6) is 0 Å². The van der Waals surface area contributed by atoms with Crippen LogP contribution in [0.3, 0.4) is 0 Å². The van der Waals surface area contributed by atoms with Crippen molar-refractivity contribution in [3.63, 3.8) is 0 Å². The Hall–Kier alpha value is -1.37. The zero-order valence-electron chi connectivity index (χ0n) is 6.52. The quantitative estimate of drug-likeness (QED) is 0.635. The van der Waals surface area contributed by atoms with E-state index in [0.717, 1.165) is 11.5 Å². The second-order valence-corrected chi connectivity index (χ2v) is 2.99. The van der Waals surface area contributed by atoms with Crippen molar-refractivity contribution in [2.24, 2.45) is 5.73 Å². The Balaban J connectivity index is 2.64. The van der Waals surface area contributed by atoms with Crippen LogP contribution in [0.15, 0.2) is 0 Å². The molecule has 0 bridgehead atoms. The number of primary amides is 1. The average molecular weight is 187 g/mol. The number of anilines is 2. The van der Waals surface area contributed by atoms with Crippen molar-refractivity contribution < 1.29 is 4.79 Å². The Morgan fingerprint density at radius 1 is 1.75 bits per heavy atom. The van der Waals surface area contributed by atoms with E-state index in [9.17, 15) is 4.79 Å². The first-order valence-corrected chi connectivity index (χ1v) is 3.95. The van der Waals surface area contributed by atoms with Gasteiger partial charge in [0.2, 0.25) is 17.0 Å². The summed E-state index contributed by atoms with van der Waals surface area (Å²) in [7, 11) is 1.70. The van der Waals surface area contributed by atoms with Crippen molar-refractivity contribution in [3.8, 4) is 0 Å². The Kier molecular flexibility index (Phi) is 2.44. The number of likely N-dealkylation sites (N-methyl/N-ethyl adjacent to an activating group) is 1. The number of nitrogens with zero attached hydrogens (tertiary/aromatic N) is 3. The molecule has 6 nitrogen and oxygen atoms in total. The highest BCUT2D eigenvalue weighted by atomic mass is 32.1. The first-order chi connectivity index (χ1) is 5.59. The van der Waals surface area contributed by atoms with Gasteiger partial charge in [0.05, 0.1) is 6.54 Å². The van der Waals surface area contributed by atoms with Gasteiger partial charge in [0.25, 0.3) is 0 Å². The molecule has 0 unspecified atom stereocenters. The molecule has 0 aliphatic carbocycles. The highest BCUT2D eigenvalue weighted by molar-refractivity contribution is 7.09. The van der Waals surface area contributed by atoms with E-state index in [2.05, 4.69) is 9.36 Å². The standard InChI is InChI=1S/C5H9N5OS/c1-10(2-3(6)11)5-8-4(7)9-12-5/h2H2,1H3,(H2,6,11)(H2,7,9). The summed E-state index contributed by atoms with van der Waals surface area (Å²) in [6, 6.07) is 0. The van der Waals surface area contributed by atoms with Gasteiger partial charge >= 0.3 is 0 Å². The molecular formula is C5H9N5OS. The summed E-state index contributed by atoms with van der Waals surface area (Å²) >= 11 is 1.13. The van der Waals surface area contributed by atoms with Crippen LogP contribution in [0, 0.1) is 0 Å². The molecule has 0 saturated carbocycles. The first-order valence-electron chi connectivity index (χ1n) is 3.18. The topological polar surface area (TPSA) is 98.1 Å². The molecule has 4 N–H and O–H groups in total. The van der Waals surface area contributed by atoms with E-state index >= 15 is 0 Å². The van der Waals surface area contributed by atoms with Gasteiger partial charge in [-0.25, -0.2) is 0 Å². The van der Waals surface area contributed by atoms with E-state index in [4.69, 9.17) is 11.5 Å². The van der Waals surface area contributed by atoms with Crippen molar-refractivity contribution in [1.29, 1.82) is 0 Å². The minimum absolute atomic E-state index is 0.120. The maximum atomic E-state index is 10.5. The molecule has 0 aliphatic rings. The van der Waals surface area contributed by atoms with Crippen molar-refractivity contribution in [2.45, 2.75) is 0 Å². The largest absolute Gasteiger partial charge is 0.368 e. The lowest BCUT2D eigenvalue weighted by Gasteiger charge is -2.11. The van der Waals surface area contributed by atoms with E-state index < -0.39 is 5.91 Å². The third kappa shape index (κ3) is 2.06. The van der Waals surface area contributed by atoms with Crippen LogP contribution < -0.4 is 16.4 Å². The zero-order valence-corrected chi connectivity index (χ0v) is 7.34. The summed E-state index contributed by atoms with van der Waals surface area (Å²) in [5, 5.41) is 0.589. The summed E-state index contributed by atoms with van der Waals surface area (Å²) in [5.41, 5.74) is 10.3. The molecule has 66 valence electrons. The van der Waals surface area contributed by atoms with Gasteiger partial charge in [-0.05, 0) is 0 Å². The molecule has 7 heteroatoms. The molecule has 0 spiro atoms. The molecule has 1 aromatic heterocycles. The molecule has 0 fully saturated rings. The zero-order chi connectivity index (χ0) is 9.14. The second kappa shape index (κ2) is 3.35. The van der Waals surface area contributed by atoms with Gasteiger partial charge in [0.15, 0.2) is 0 Å². The van der Waals surface area contributed by atoms with Gasteiger partial charge in [0, 0.05) is 18.6 Å². The normalized spacial score (nSPS) is 9.75. The highest BCUT2D eigenvalue weighted by Crippen LogP contribution is 2.15. The molecule has 0 saturated heterocycles. The molecule has 1 rings (SSSR count). The lowest BCUT2D eigenvalue weighted by molar-refractivity contribution is -0.116. The van der Waals surface area contributed by atoms with E-state index in [0.29, 0.717) is 5.13 Å². The van der Waals surface area contributed by atoms with E-state index in [1.807, 2.05) is 0 Å². The van der Waals surface area contributed by atoms with Gasteiger partial charge in [-0.1, -0.05) is 0 Å². The maximum Gasteiger partial charge on any atom is 0.237 e. The van der Waals surface area contributed by atoms with Crippen molar-refractivity contribution in [1.82, 2.24) is 9.36 Å². The minimum Gasteiger partial charge on any atom is -0.368 e. The number of rotatable bonds is 3. The maximum absolute atomic E-state index is 10.5. The van der Waals surface area contributed by atoms with Crippen LogP contribution >= 0.6 is 11.5 Å². The van der Waals surface area contributed by atoms with Gasteiger partial charge in [-0.15, -0.1) is 0 Å². The SMILES string of the molecule is CN(CC(N)=O)c1nc(N)ns1. The fourth-order valence-corrected chi connectivity index (χ4v) is 1.24. The van der Waals surface area contributed by atoms with Crippen molar-refractivity contribution in [2.75, 3.05) is 24.2 Å². The number of hydrogen-bond donors (Lipinski definition) is 2. The summed E-state index contributed by atoms with van der Waals surface area (Å²) in [5.74, 6) is -0.197. The molecule has 0 aromatic carbocycles. The second-order valence-electron chi connectivity index (χ2n) is 2.26. The molecular weight excluding hydrogens is 178 g/mol. The van der Waals surface area contributed by atoms with Crippen LogP contribution in [0.25, 0.3) is 0 Å². The van der Waals surface area contributed by atoms with Crippen LogP contribution in [0.2, 0.25) is 0 Å². The Morgan fingerprint density at radius 2 is 2.42 bits per heavy atom. The summed E-state index contributed by atoms with van der Waals surface area (Å²) in [4.78, 5) is 16.0. The fourth-order valence-electron chi connectivity index (χ4n) is 0.683. The number of carbonyl (C=O) groups is 1. The van der Waals surface area contributed by atoms with Crippen LogP contribution in [-0.4, -0.2) is 28.9 Å². The predicted octanol–water partition coefficient (Wildman–Crippen LogP) is -0.958. The van der Waals surface area contributed by atoms with Crippen molar-refractivity contribution in [3.05, 3.63) is 0 Å². The van der Waals surface area contributed by atoms with Crippen molar-refractivity contribution >= 4 is 28.5 Å². The Morgan fingerprint density at radius 3 is 2.83 bits per heavy atom. The highest BCUT2D eigenvalue weighted by Gasteiger charge is 2.08. The summed E-state index contributed by atoms with van der Waals surface area (Å²) in [6.07, 6.45) is 0. The number of carbonyl (C=O) groups excluding carboxylic acids is 1. The van der Waals surface area contributed by atoms with Crippen LogP contribution in [0.4, 0.5) is 11.1 Å². The van der Waals surface area contributed by atoms with Crippen LogP contribution in [0.1, 0.15) is 0 Å². The Labute approximate surface area is 73.3 Å². The number of nitrogen functional groups attached to an aromatic ring is 1. The molecule has 0 atom stereocenters. The molecule has 0 aliphatic heterocycles. The number of aromatic nitrogens is 2. The Bertz CT molecular complexity index is 285. The minimum atomic E-state index is -0.411. The summed E-state index contributed by atoms with van der Waals surface area (Å²) < 4.78 is 3.76. The molecule has 12 heavy (non-hydrogen) atoms. The molecule has 1 heterocycles. The van der Waals surface area contributed by atoms with Crippen LogP contribution in [-0.2, 0) is 4.79 Å². The van der Waals surface area contributed by atoms with E-state index in [1.165, 1.54) is 0 Å². The number of amides is 1. The smallest absolute Gasteiger partial charge is 0.237 e. The molecule has 0 radical (unpaired) electrons. The van der Waals surface area contributed by atoms with Gasteiger partial charge in [-0.2, -0.15) is 9.36 Å². The lowest BCUT2D eigenvalue weighted by atomic mass is 10.6. The monoisotopic (exact) mass is 187 g/mol. The van der Waals surface area contributed by atoms with E-state index in [-0.39, 0.29) is 12.5 Å². The average Bonchev–Trinajstić information content (AvgIpc) is 2.34. The van der Waals surface area contributed by atoms with Gasteiger partial charge < -0.3 is 16.4 Å². The fraction of sp³-hybridized carbons (Fsp3) is 0.400. The third-order valence-electron chi connectivity index (χ3n) is 1.15. The molecule has 1 amide bonds. The number of nitrogens with two attached hydrogens (primary N) is 2. The van der Waals surface area contributed by atoms with Gasteiger partial charge in [0.1, 0.15) is 0 Å². The predicted molar refractivity (Wildman–Crippen MR) is 46.8 cm³/mol. The number of hydrogen-bond acceptors (Lipinski definition) is 6.